The van der Waals surface area contributed by atoms with Crippen molar-refractivity contribution < 1.29 is 14.3 Å². The zero-order valence-corrected chi connectivity index (χ0v) is 6.90. The highest BCUT2D eigenvalue weighted by Crippen LogP contribution is 2.11. The normalized spacial score (nSPS) is 8.92. The number of carbonyl (C=O) groups excluding carboxylic acids is 2. The third-order valence-corrected chi connectivity index (χ3v) is 1.38. The molecule has 0 aromatic heterocycles. The second-order valence-electron chi connectivity index (χ2n) is 2.32. The molecule has 1 aromatic rings. The lowest BCUT2D eigenvalue weighted by Crippen LogP contribution is -2.03. The van der Waals surface area contributed by atoms with Gasteiger partial charge in [0.1, 0.15) is 12.0 Å². The van der Waals surface area contributed by atoms with E-state index in [2.05, 4.69) is 6.58 Å². The fourth-order valence-electron chi connectivity index (χ4n) is 0.809. The zero-order valence-electron chi connectivity index (χ0n) is 6.90. The summed E-state index contributed by atoms with van der Waals surface area (Å²) in [4.78, 5) is 21.1. The molecule has 0 bridgehead atoms. The quantitative estimate of drug-likeness (QED) is 0.304. The Morgan fingerprint density at radius 3 is 2.85 bits per heavy atom. The third kappa shape index (κ3) is 2.56. The molecule has 66 valence electrons. The van der Waals surface area contributed by atoms with Gasteiger partial charge in [-0.05, 0) is 12.1 Å². The van der Waals surface area contributed by atoms with E-state index in [0.717, 1.165) is 6.08 Å². The van der Waals surface area contributed by atoms with Gasteiger partial charge in [-0.3, -0.25) is 4.79 Å². The van der Waals surface area contributed by atoms with E-state index < -0.39 is 5.97 Å². The first kappa shape index (κ1) is 9.19. The Kier molecular flexibility index (Phi) is 2.97. The maximum absolute atomic E-state index is 10.8. The number of aldehydes is 1. The Bertz CT molecular complexity index is 342. The first-order chi connectivity index (χ1) is 6.26. The van der Waals surface area contributed by atoms with Crippen LogP contribution in [0, 0.1) is 0 Å². The lowest BCUT2D eigenvalue weighted by atomic mass is 10.2. The van der Waals surface area contributed by atoms with Crippen molar-refractivity contribution in [2.75, 3.05) is 0 Å². The molecular weight excluding hydrogens is 168 g/mol. The van der Waals surface area contributed by atoms with Crippen LogP contribution < -0.4 is 4.74 Å². The molecule has 1 aromatic carbocycles. The van der Waals surface area contributed by atoms with Gasteiger partial charge in [0, 0.05) is 11.6 Å². The number of hydrogen-bond donors (Lipinski definition) is 0. The SMILES string of the molecule is C=CC(=O)Oc1cccc(C=O)c1. The summed E-state index contributed by atoms with van der Waals surface area (Å²) in [6.45, 7) is 3.26. The molecule has 0 heterocycles. The smallest absolute Gasteiger partial charge is 0.335 e. The van der Waals surface area contributed by atoms with Crippen molar-refractivity contribution in [3.05, 3.63) is 42.5 Å². The van der Waals surface area contributed by atoms with Crippen molar-refractivity contribution in [3.63, 3.8) is 0 Å². The van der Waals surface area contributed by atoms with Crippen LogP contribution in [0.1, 0.15) is 10.4 Å². The van der Waals surface area contributed by atoms with Crippen LogP contribution in [0.15, 0.2) is 36.9 Å². The van der Waals surface area contributed by atoms with Gasteiger partial charge in [-0.25, -0.2) is 4.79 Å². The Morgan fingerprint density at radius 1 is 1.46 bits per heavy atom. The molecular formula is C10H8O3. The van der Waals surface area contributed by atoms with Crippen molar-refractivity contribution in [1.29, 1.82) is 0 Å². The molecule has 0 saturated heterocycles. The van der Waals surface area contributed by atoms with E-state index in [9.17, 15) is 9.59 Å². The lowest BCUT2D eigenvalue weighted by Gasteiger charge is -2.00. The van der Waals surface area contributed by atoms with Crippen molar-refractivity contribution in [2.45, 2.75) is 0 Å². The average molecular weight is 176 g/mol. The Labute approximate surface area is 75.6 Å². The van der Waals surface area contributed by atoms with Crippen molar-refractivity contribution >= 4 is 12.3 Å². The molecule has 13 heavy (non-hydrogen) atoms. The summed E-state index contributed by atoms with van der Waals surface area (Å²) in [6.07, 6.45) is 1.75. The summed E-state index contributed by atoms with van der Waals surface area (Å²) in [5.74, 6) is -0.197. The van der Waals surface area contributed by atoms with Crippen LogP contribution in [0.2, 0.25) is 0 Å². The maximum Gasteiger partial charge on any atom is 0.335 e. The monoisotopic (exact) mass is 176 g/mol. The van der Waals surface area contributed by atoms with E-state index in [0.29, 0.717) is 17.6 Å². The van der Waals surface area contributed by atoms with Crippen LogP contribution in [0.3, 0.4) is 0 Å². The predicted molar refractivity (Wildman–Crippen MR) is 47.7 cm³/mol. The molecule has 0 N–H and O–H groups in total. The second-order valence-corrected chi connectivity index (χ2v) is 2.32. The van der Waals surface area contributed by atoms with Crippen LogP contribution in [0.5, 0.6) is 5.75 Å². The van der Waals surface area contributed by atoms with E-state index in [1.807, 2.05) is 0 Å². The van der Waals surface area contributed by atoms with E-state index in [1.165, 1.54) is 6.07 Å². The second kappa shape index (κ2) is 4.21. The van der Waals surface area contributed by atoms with Crippen molar-refractivity contribution in [3.8, 4) is 5.75 Å². The number of ether oxygens (including phenoxy) is 1. The predicted octanol–water partition coefficient (Wildman–Crippen LogP) is 1.59. The highest BCUT2D eigenvalue weighted by atomic mass is 16.5. The molecule has 0 aliphatic carbocycles. The van der Waals surface area contributed by atoms with Gasteiger partial charge in [0.25, 0.3) is 0 Å². The molecule has 0 spiro atoms. The fraction of sp³-hybridized carbons (Fsp3) is 0. The van der Waals surface area contributed by atoms with Crippen LogP contribution in [0.25, 0.3) is 0 Å². The van der Waals surface area contributed by atoms with Gasteiger partial charge in [-0.1, -0.05) is 18.7 Å². The van der Waals surface area contributed by atoms with Gasteiger partial charge in [0.15, 0.2) is 0 Å². The summed E-state index contributed by atoms with van der Waals surface area (Å²) in [5.41, 5.74) is 0.467. The number of rotatable bonds is 3. The topological polar surface area (TPSA) is 43.4 Å². The minimum absolute atomic E-state index is 0.342. The molecule has 3 nitrogen and oxygen atoms in total. The lowest BCUT2D eigenvalue weighted by molar-refractivity contribution is -0.128. The molecule has 0 unspecified atom stereocenters. The van der Waals surface area contributed by atoms with Gasteiger partial charge in [-0.2, -0.15) is 0 Å². The Morgan fingerprint density at radius 2 is 2.23 bits per heavy atom. The zero-order chi connectivity index (χ0) is 9.68. The van der Waals surface area contributed by atoms with E-state index in [1.54, 1.807) is 18.2 Å². The van der Waals surface area contributed by atoms with E-state index >= 15 is 0 Å². The highest BCUT2D eigenvalue weighted by molar-refractivity contribution is 5.84. The number of carbonyl (C=O) groups is 2. The third-order valence-electron chi connectivity index (χ3n) is 1.38. The molecule has 1 rings (SSSR count). The molecule has 0 fully saturated rings. The minimum Gasteiger partial charge on any atom is -0.423 e. The van der Waals surface area contributed by atoms with Gasteiger partial charge in [-0.15, -0.1) is 0 Å². The van der Waals surface area contributed by atoms with Gasteiger partial charge < -0.3 is 4.74 Å². The first-order valence-electron chi connectivity index (χ1n) is 3.66. The molecule has 0 amide bonds. The minimum atomic E-state index is -0.539. The molecule has 0 aliphatic heterocycles. The van der Waals surface area contributed by atoms with Gasteiger partial charge in [0.2, 0.25) is 0 Å². The van der Waals surface area contributed by atoms with Gasteiger partial charge in [0.05, 0.1) is 0 Å². The summed E-state index contributed by atoms with van der Waals surface area (Å²) in [6, 6.07) is 6.33. The summed E-state index contributed by atoms with van der Waals surface area (Å²) in [5, 5.41) is 0. The molecule has 0 radical (unpaired) electrons. The fourth-order valence-corrected chi connectivity index (χ4v) is 0.809. The van der Waals surface area contributed by atoms with E-state index in [-0.39, 0.29) is 0 Å². The van der Waals surface area contributed by atoms with Crippen molar-refractivity contribution in [1.82, 2.24) is 0 Å². The van der Waals surface area contributed by atoms with E-state index in [4.69, 9.17) is 4.74 Å². The molecule has 0 saturated carbocycles. The number of hydrogen-bond acceptors (Lipinski definition) is 3. The molecule has 3 heteroatoms. The van der Waals surface area contributed by atoms with Crippen LogP contribution >= 0.6 is 0 Å². The average Bonchev–Trinajstić information content (AvgIpc) is 2.18. The largest absolute Gasteiger partial charge is 0.423 e. The number of esters is 1. The Balaban J connectivity index is 2.83. The Hall–Kier alpha value is -1.90. The summed E-state index contributed by atoms with van der Waals surface area (Å²) in [7, 11) is 0. The summed E-state index contributed by atoms with van der Waals surface area (Å²) < 4.78 is 4.79. The maximum atomic E-state index is 10.8. The molecule has 0 aliphatic rings. The van der Waals surface area contributed by atoms with Crippen LogP contribution in [0.4, 0.5) is 0 Å². The highest BCUT2D eigenvalue weighted by Gasteiger charge is 1.99. The standard InChI is InChI=1S/C10H8O3/c1-2-10(12)13-9-5-3-4-8(6-9)7-11/h2-7H,1H2. The first-order valence-corrected chi connectivity index (χ1v) is 3.66. The molecule has 0 atom stereocenters. The number of benzene rings is 1. The van der Waals surface area contributed by atoms with Crippen LogP contribution in [-0.4, -0.2) is 12.3 Å². The summed E-state index contributed by atoms with van der Waals surface area (Å²) >= 11 is 0. The van der Waals surface area contributed by atoms with Crippen LogP contribution in [-0.2, 0) is 4.79 Å². The van der Waals surface area contributed by atoms with Crippen molar-refractivity contribution in [2.24, 2.45) is 0 Å². The van der Waals surface area contributed by atoms with Gasteiger partial charge >= 0.3 is 5.97 Å².